The summed E-state index contributed by atoms with van der Waals surface area (Å²) in [6.45, 7) is 3.78. The molecule has 1 amide bonds. The second kappa shape index (κ2) is 5.95. The van der Waals surface area contributed by atoms with Gasteiger partial charge < -0.3 is 9.47 Å². The molecule has 24 heavy (non-hydrogen) atoms. The van der Waals surface area contributed by atoms with Crippen molar-refractivity contribution in [3.63, 3.8) is 0 Å². The number of carbonyl (C=O) groups excluding carboxylic acids is 1. The van der Waals surface area contributed by atoms with E-state index in [4.69, 9.17) is 11.6 Å². The lowest BCUT2D eigenvalue weighted by Crippen LogP contribution is -2.35. The number of fused-ring (bicyclic) bond motifs is 3. The smallest absolute Gasteiger partial charge is 0.219 e. The van der Waals surface area contributed by atoms with Crippen molar-refractivity contribution in [2.45, 2.75) is 26.4 Å². The molecule has 0 bridgehead atoms. The molecule has 0 aliphatic carbocycles. The number of nitrogens with zero attached hydrogens (tertiary/aromatic N) is 3. The first kappa shape index (κ1) is 15.2. The summed E-state index contributed by atoms with van der Waals surface area (Å²) in [5, 5.41) is 1.93. The Labute approximate surface area is 145 Å². The minimum atomic E-state index is 0.122. The van der Waals surface area contributed by atoms with Gasteiger partial charge in [-0.05, 0) is 41.8 Å². The number of aromatic nitrogens is 2. The predicted octanol–water partition coefficient (Wildman–Crippen LogP) is 3.64. The first-order valence-electron chi connectivity index (χ1n) is 8.08. The zero-order valence-corrected chi connectivity index (χ0v) is 14.3. The lowest BCUT2D eigenvalue weighted by molar-refractivity contribution is -0.129. The van der Waals surface area contributed by atoms with Gasteiger partial charge in [0.15, 0.2) is 0 Å². The second-order valence-corrected chi connectivity index (χ2v) is 6.64. The summed E-state index contributed by atoms with van der Waals surface area (Å²) in [4.78, 5) is 18.3. The van der Waals surface area contributed by atoms with Crippen molar-refractivity contribution in [1.82, 2.24) is 14.5 Å². The third kappa shape index (κ3) is 2.57. The highest BCUT2D eigenvalue weighted by Crippen LogP contribution is 2.30. The third-order valence-electron chi connectivity index (χ3n) is 4.71. The molecule has 0 atom stereocenters. The molecule has 0 fully saturated rings. The van der Waals surface area contributed by atoms with E-state index < -0.39 is 0 Å². The van der Waals surface area contributed by atoms with E-state index >= 15 is 0 Å². The Kier molecular flexibility index (Phi) is 3.77. The molecule has 0 N–H and O–H groups in total. The number of hydrogen-bond donors (Lipinski definition) is 0. The number of benzene rings is 1. The number of amides is 1. The van der Waals surface area contributed by atoms with E-state index in [2.05, 4.69) is 15.6 Å². The normalized spacial score (nSPS) is 14.0. The molecule has 122 valence electrons. The topological polar surface area (TPSA) is 38.1 Å². The van der Waals surface area contributed by atoms with Crippen LogP contribution in [0.1, 0.15) is 23.7 Å². The van der Waals surface area contributed by atoms with Crippen LogP contribution in [0.3, 0.4) is 0 Å². The van der Waals surface area contributed by atoms with Crippen molar-refractivity contribution < 1.29 is 4.79 Å². The predicted molar refractivity (Wildman–Crippen MR) is 95.1 cm³/mol. The van der Waals surface area contributed by atoms with Crippen LogP contribution >= 0.6 is 11.6 Å². The van der Waals surface area contributed by atoms with Crippen LogP contribution in [-0.4, -0.2) is 26.9 Å². The summed E-state index contributed by atoms with van der Waals surface area (Å²) in [5.74, 6) is 0.122. The number of hydrogen-bond acceptors (Lipinski definition) is 2. The first-order chi connectivity index (χ1) is 11.6. The molecule has 3 aromatic rings. The molecular weight excluding hydrogens is 322 g/mol. The summed E-state index contributed by atoms with van der Waals surface area (Å²) < 4.78 is 2.24. The monoisotopic (exact) mass is 339 g/mol. The van der Waals surface area contributed by atoms with E-state index in [0.29, 0.717) is 6.54 Å². The van der Waals surface area contributed by atoms with Crippen molar-refractivity contribution in [1.29, 1.82) is 0 Å². The molecule has 0 saturated heterocycles. The fourth-order valence-corrected chi connectivity index (χ4v) is 3.60. The highest BCUT2D eigenvalue weighted by molar-refractivity contribution is 6.30. The van der Waals surface area contributed by atoms with E-state index in [9.17, 15) is 4.79 Å². The average molecular weight is 340 g/mol. The van der Waals surface area contributed by atoms with Gasteiger partial charge in [-0.2, -0.15) is 0 Å². The van der Waals surface area contributed by atoms with E-state index in [-0.39, 0.29) is 5.91 Å². The lowest BCUT2D eigenvalue weighted by Gasteiger charge is -2.27. The highest BCUT2D eigenvalue weighted by Gasteiger charge is 2.25. The van der Waals surface area contributed by atoms with Crippen LogP contribution in [-0.2, 0) is 24.3 Å². The van der Waals surface area contributed by atoms with Crippen molar-refractivity contribution in [2.75, 3.05) is 6.54 Å². The van der Waals surface area contributed by atoms with Gasteiger partial charge in [0, 0.05) is 42.3 Å². The Bertz CT molecular complexity index is 914. The van der Waals surface area contributed by atoms with Crippen LogP contribution in [0.4, 0.5) is 0 Å². The Balaban J connectivity index is 1.83. The van der Waals surface area contributed by atoms with E-state index in [1.165, 1.54) is 22.2 Å². The van der Waals surface area contributed by atoms with Gasteiger partial charge >= 0.3 is 0 Å². The van der Waals surface area contributed by atoms with Gasteiger partial charge in [0.1, 0.15) is 5.65 Å². The minimum Gasteiger partial charge on any atom is -0.337 e. The summed E-state index contributed by atoms with van der Waals surface area (Å²) in [7, 11) is 0. The maximum Gasteiger partial charge on any atom is 0.219 e. The first-order valence-corrected chi connectivity index (χ1v) is 8.46. The highest BCUT2D eigenvalue weighted by atomic mass is 35.5. The Morgan fingerprint density at radius 3 is 2.79 bits per heavy atom. The van der Waals surface area contributed by atoms with Crippen LogP contribution in [0.15, 0.2) is 42.6 Å². The average Bonchev–Trinajstić information content (AvgIpc) is 2.90. The number of carbonyl (C=O) groups is 1. The number of halogens is 1. The Morgan fingerprint density at radius 2 is 2.04 bits per heavy atom. The fourth-order valence-electron chi connectivity index (χ4n) is 3.47. The second-order valence-electron chi connectivity index (χ2n) is 6.20. The van der Waals surface area contributed by atoms with Crippen LogP contribution < -0.4 is 0 Å². The summed E-state index contributed by atoms with van der Waals surface area (Å²) in [6.07, 6.45) is 2.71. The molecule has 0 saturated carbocycles. The Hall–Kier alpha value is -2.33. The molecule has 5 heteroatoms. The molecule has 0 radical (unpaired) electrons. The van der Waals surface area contributed by atoms with Crippen LogP contribution in [0, 0.1) is 0 Å². The van der Waals surface area contributed by atoms with Crippen LogP contribution in [0.2, 0.25) is 5.02 Å². The SMILES string of the molecule is CC(=O)N1CCc2c(n(Cc3ccc(Cl)cc3)c3ncccc23)C1. The van der Waals surface area contributed by atoms with Gasteiger partial charge in [-0.1, -0.05) is 23.7 Å². The van der Waals surface area contributed by atoms with Crippen LogP contribution in [0.25, 0.3) is 11.0 Å². The van der Waals surface area contributed by atoms with Crippen molar-refractivity contribution in [2.24, 2.45) is 0 Å². The van der Waals surface area contributed by atoms with Gasteiger partial charge in [-0.15, -0.1) is 0 Å². The minimum absolute atomic E-state index is 0.122. The van der Waals surface area contributed by atoms with Gasteiger partial charge in [0.2, 0.25) is 5.91 Å². The molecule has 2 aromatic heterocycles. The fraction of sp³-hybridized carbons (Fsp3) is 0.263. The molecule has 0 spiro atoms. The van der Waals surface area contributed by atoms with Gasteiger partial charge in [-0.25, -0.2) is 4.98 Å². The number of pyridine rings is 1. The van der Waals surface area contributed by atoms with Gasteiger partial charge in [-0.3, -0.25) is 4.79 Å². The maximum absolute atomic E-state index is 11.8. The van der Waals surface area contributed by atoms with E-state index in [1.807, 2.05) is 41.4 Å². The zero-order valence-electron chi connectivity index (χ0n) is 13.5. The lowest BCUT2D eigenvalue weighted by atomic mass is 10.0. The number of rotatable bonds is 2. The standard InChI is InChI=1S/C19H18ClN3O/c1-13(24)22-10-8-16-17-3-2-9-21-19(17)23(18(16)12-22)11-14-4-6-15(20)7-5-14/h2-7,9H,8,10-12H2,1H3. The van der Waals surface area contributed by atoms with Gasteiger partial charge in [0.25, 0.3) is 0 Å². The summed E-state index contributed by atoms with van der Waals surface area (Å²) in [6, 6.07) is 12.0. The molecule has 4 rings (SSSR count). The van der Waals surface area contributed by atoms with Crippen molar-refractivity contribution in [3.8, 4) is 0 Å². The molecular formula is C19H18ClN3O. The van der Waals surface area contributed by atoms with E-state index in [0.717, 1.165) is 30.2 Å². The van der Waals surface area contributed by atoms with Crippen LogP contribution in [0.5, 0.6) is 0 Å². The molecule has 1 aliphatic heterocycles. The molecule has 3 heterocycles. The quantitative estimate of drug-likeness (QED) is 0.715. The summed E-state index contributed by atoms with van der Waals surface area (Å²) in [5.41, 5.74) is 4.68. The largest absolute Gasteiger partial charge is 0.337 e. The van der Waals surface area contributed by atoms with E-state index in [1.54, 1.807) is 6.92 Å². The molecule has 0 unspecified atom stereocenters. The summed E-state index contributed by atoms with van der Waals surface area (Å²) >= 11 is 5.99. The zero-order chi connectivity index (χ0) is 16.7. The Morgan fingerprint density at radius 1 is 1.25 bits per heavy atom. The maximum atomic E-state index is 11.8. The molecule has 1 aliphatic rings. The van der Waals surface area contributed by atoms with Crippen molar-refractivity contribution in [3.05, 3.63) is 64.4 Å². The molecule has 4 nitrogen and oxygen atoms in total. The van der Waals surface area contributed by atoms with Crippen molar-refractivity contribution >= 4 is 28.5 Å². The molecule has 1 aromatic carbocycles. The third-order valence-corrected chi connectivity index (χ3v) is 4.97. The van der Waals surface area contributed by atoms with Gasteiger partial charge in [0.05, 0.1) is 6.54 Å².